The number of alkyl halides is 1. The zero-order valence-electron chi connectivity index (χ0n) is 15.6. The number of H-pyrrole nitrogens is 1. The van der Waals surface area contributed by atoms with E-state index >= 15 is 0 Å². The fraction of sp³-hybridized carbons (Fsp3) is 0.450. The first kappa shape index (κ1) is 19.1. The number of benzene rings is 1. The number of nitrogens with zero attached hydrogens (tertiary/aromatic N) is 1. The van der Waals surface area contributed by atoms with Gasteiger partial charge in [0.15, 0.2) is 6.17 Å². The molecule has 2 heterocycles. The van der Waals surface area contributed by atoms with Crippen LogP contribution in [0.15, 0.2) is 30.0 Å². The van der Waals surface area contributed by atoms with Crippen molar-refractivity contribution >= 4 is 22.8 Å². The lowest BCUT2D eigenvalue weighted by Crippen LogP contribution is -2.49. The van der Waals surface area contributed by atoms with Gasteiger partial charge in [-0.3, -0.25) is 14.9 Å². The van der Waals surface area contributed by atoms with E-state index in [1.54, 1.807) is 0 Å². The number of piperidine rings is 1. The summed E-state index contributed by atoms with van der Waals surface area (Å²) < 4.78 is 12.9. The first-order valence-electron chi connectivity index (χ1n) is 9.31. The molecule has 4 rings (SSSR count). The summed E-state index contributed by atoms with van der Waals surface area (Å²) in [6, 6.07) is 5.58. The standard InChI is InChI=1S/C10H11FN2.C10H14N2O2/c1-6-4-3-5-8-9(6)13-10(12-8)7(2)11;13-9-5-4-8(10(14)12-9)11-6-7-2-1-3-7/h3-5,7H,1-2H3,(H,12,13);6,8,11H,1-5H2,(H,12,13,14). The molecule has 2 unspecified atom stereocenters. The second-order valence-electron chi connectivity index (χ2n) is 7.04. The largest absolute Gasteiger partial charge is 0.380 e. The Morgan fingerprint density at radius 3 is 2.67 bits per heavy atom. The van der Waals surface area contributed by atoms with Crippen molar-refractivity contribution in [2.24, 2.45) is 0 Å². The van der Waals surface area contributed by atoms with Crippen LogP contribution >= 0.6 is 0 Å². The fourth-order valence-corrected chi connectivity index (χ4v) is 2.98. The third kappa shape index (κ3) is 4.72. The van der Waals surface area contributed by atoms with Gasteiger partial charge in [0, 0.05) is 6.42 Å². The lowest BCUT2D eigenvalue weighted by Gasteiger charge is -2.23. The number of hydrogen-bond donors (Lipinski definition) is 3. The highest BCUT2D eigenvalue weighted by Gasteiger charge is 2.25. The molecular weight excluding hydrogens is 347 g/mol. The highest BCUT2D eigenvalue weighted by molar-refractivity contribution is 6.00. The van der Waals surface area contributed by atoms with Crippen LogP contribution in [-0.2, 0) is 9.59 Å². The molecule has 0 spiro atoms. The van der Waals surface area contributed by atoms with Crippen molar-refractivity contribution < 1.29 is 14.0 Å². The van der Waals surface area contributed by atoms with Crippen LogP contribution in [0.1, 0.15) is 56.6 Å². The monoisotopic (exact) mass is 372 g/mol. The Bertz CT molecular complexity index is 866. The number of imidazole rings is 1. The van der Waals surface area contributed by atoms with Gasteiger partial charge in [-0.2, -0.15) is 0 Å². The zero-order valence-corrected chi connectivity index (χ0v) is 15.6. The summed E-state index contributed by atoms with van der Waals surface area (Å²) in [5.41, 5.74) is 4.21. The van der Waals surface area contributed by atoms with Gasteiger partial charge in [0.25, 0.3) is 0 Å². The number of hydrogen-bond acceptors (Lipinski definition) is 4. The number of carbonyl (C=O) groups is 2. The maximum absolute atomic E-state index is 12.9. The van der Waals surface area contributed by atoms with Crippen molar-refractivity contribution in [3.63, 3.8) is 0 Å². The van der Waals surface area contributed by atoms with E-state index in [-0.39, 0.29) is 17.9 Å². The maximum atomic E-state index is 12.9. The van der Waals surface area contributed by atoms with Crippen molar-refractivity contribution in [2.45, 2.75) is 58.2 Å². The van der Waals surface area contributed by atoms with Gasteiger partial charge < -0.3 is 10.3 Å². The molecule has 1 saturated heterocycles. The van der Waals surface area contributed by atoms with Crippen LogP contribution < -0.4 is 10.6 Å². The van der Waals surface area contributed by atoms with Crippen LogP contribution in [0.3, 0.4) is 0 Å². The summed E-state index contributed by atoms with van der Waals surface area (Å²) in [4.78, 5) is 29.3. The van der Waals surface area contributed by atoms with Crippen molar-refractivity contribution in [1.29, 1.82) is 0 Å². The van der Waals surface area contributed by atoms with Gasteiger partial charge in [-0.05, 0) is 57.4 Å². The summed E-state index contributed by atoms with van der Waals surface area (Å²) in [6.07, 6.45) is 5.47. The summed E-state index contributed by atoms with van der Waals surface area (Å²) in [7, 11) is 0. The molecule has 7 heteroatoms. The molecule has 2 amide bonds. The quantitative estimate of drug-likeness (QED) is 0.721. The van der Waals surface area contributed by atoms with Gasteiger partial charge in [-0.25, -0.2) is 9.37 Å². The number of allylic oxidation sites excluding steroid dienone is 1. The molecule has 1 aliphatic heterocycles. The molecule has 2 aromatic rings. The van der Waals surface area contributed by atoms with Crippen LogP contribution in [-0.4, -0.2) is 27.8 Å². The van der Waals surface area contributed by atoms with E-state index in [0.29, 0.717) is 18.7 Å². The number of halogens is 1. The Kier molecular flexibility index (Phi) is 5.88. The van der Waals surface area contributed by atoms with Crippen molar-refractivity contribution in [2.75, 3.05) is 0 Å². The van der Waals surface area contributed by atoms with Crippen LogP contribution in [0.5, 0.6) is 0 Å². The molecule has 0 radical (unpaired) electrons. The predicted molar refractivity (Wildman–Crippen MR) is 102 cm³/mol. The Balaban J connectivity index is 0.000000156. The second kappa shape index (κ2) is 8.33. The van der Waals surface area contributed by atoms with Gasteiger partial charge in [0.2, 0.25) is 11.8 Å². The molecule has 3 N–H and O–H groups in total. The molecule has 1 saturated carbocycles. The number of aryl methyl sites for hydroxylation is 1. The van der Waals surface area contributed by atoms with Crippen LogP contribution in [0, 0.1) is 6.92 Å². The minimum atomic E-state index is -1.04. The molecule has 2 aliphatic rings. The fourth-order valence-electron chi connectivity index (χ4n) is 2.98. The van der Waals surface area contributed by atoms with Gasteiger partial charge in [0.05, 0.1) is 11.0 Å². The first-order valence-corrected chi connectivity index (χ1v) is 9.31. The second-order valence-corrected chi connectivity index (χ2v) is 7.04. The molecule has 1 aromatic carbocycles. The van der Waals surface area contributed by atoms with Gasteiger partial charge in [0.1, 0.15) is 11.9 Å². The Morgan fingerprint density at radius 2 is 2.07 bits per heavy atom. The zero-order chi connectivity index (χ0) is 19.4. The molecule has 0 bridgehead atoms. The molecular formula is C20H25FN4O2. The van der Waals surface area contributed by atoms with E-state index in [2.05, 4.69) is 20.6 Å². The van der Waals surface area contributed by atoms with E-state index in [0.717, 1.165) is 29.4 Å². The van der Waals surface area contributed by atoms with E-state index in [9.17, 15) is 14.0 Å². The van der Waals surface area contributed by atoms with Crippen molar-refractivity contribution in [3.8, 4) is 0 Å². The number of amides is 2. The first-order chi connectivity index (χ1) is 12.9. The number of para-hydroxylation sites is 1. The molecule has 1 aromatic heterocycles. The smallest absolute Gasteiger partial charge is 0.249 e. The number of carbonyl (C=O) groups excluding carboxylic acids is 2. The molecule has 2 fully saturated rings. The van der Waals surface area contributed by atoms with Crippen molar-refractivity contribution in [1.82, 2.24) is 20.6 Å². The normalized spacial score (nSPS) is 20.3. The van der Waals surface area contributed by atoms with Gasteiger partial charge in [-0.15, -0.1) is 0 Å². The summed E-state index contributed by atoms with van der Waals surface area (Å²) >= 11 is 0. The van der Waals surface area contributed by atoms with Crippen LogP contribution in [0.25, 0.3) is 11.0 Å². The number of fused-ring (bicyclic) bond motifs is 1. The minimum absolute atomic E-state index is 0.163. The highest BCUT2D eigenvalue weighted by Crippen LogP contribution is 2.24. The van der Waals surface area contributed by atoms with E-state index in [4.69, 9.17) is 0 Å². The van der Waals surface area contributed by atoms with E-state index in [1.807, 2.05) is 31.3 Å². The average Bonchev–Trinajstić information content (AvgIpc) is 3.02. The SMILES string of the molecule is Cc1cccc2[nH]c(C(C)F)nc12.O=C1CCC(NC=C2CCC2)C(=O)N1. The molecule has 144 valence electrons. The lowest BCUT2D eigenvalue weighted by molar-refractivity contribution is -0.134. The summed E-state index contributed by atoms with van der Waals surface area (Å²) in [5, 5.41) is 5.39. The molecule has 6 nitrogen and oxygen atoms in total. The summed E-state index contributed by atoms with van der Waals surface area (Å²) in [5.74, 6) is 0.0473. The number of aromatic amines is 1. The van der Waals surface area contributed by atoms with Crippen LogP contribution in [0.4, 0.5) is 4.39 Å². The summed E-state index contributed by atoms with van der Waals surface area (Å²) in [6.45, 7) is 3.45. The lowest BCUT2D eigenvalue weighted by atomic mass is 9.93. The van der Waals surface area contributed by atoms with E-state index in [1.165, 1.54) is 18.9 Å². The molecule has 2 atom stereocenters. The predicted octanol–water partition coefficient (Wildman–Crippen LogP) is 3.35. The average molecular weight is 372 g/mol. The number of aromatic nitrogens is 2. The molecule has 27 heavy (non-hydrogen) atoms. The number of rotatable bonds is 3. The van der Waals surface area contributed by atoms with Crippen molar-refractivity contribution in [3.05, 3.63) is 41.4 Å². The topological polar surface area (TPSA) is 86.9 Å². The minimum Gasteiger partial charge on any atom is -0.380 e. The molecule has 1 aliphatic carbocycles. The van der Waals surface area contributed by atoms with E-state index < -0.39 is 6.17 Å². The highest BCUT2D eigenvalue weighted by atomic mass is 19.1. The Morgan fingerprint density at radius 1 is 1.30 bits per heavy atom. The van der Waals surface area contributed by atoms with Gasteiger partial charge >= 0.3 is 0 Å². The van der Waals surface area contributed by atoms with Crippen LogP contribution in [0.2, 0.25) is 0 Å². The Hall–Kier alpha value is -2.70. The third-order valence-electron chi connectivity index (χ3n) is 4.83. The maximum Gasteiger partial charge on any atom is 0.249 e. The number of imide groups is 1. The van der Waals surface area contributed by atoms with Gasteiger partial charge in [-0.1, -0.05) is 17.7 Å². The number of nitrogens with one attached hydrogen (secondary N) is 3. The Labute approximate surface area is 157 Å². The third-order valence-corrected chi connectivity index (χ3v) is 4.83.